The molecule has 1 aromatic rings. The Kier molecular flexibility index (Phi) is 7.43. The summed E-state index contributed by atoms with van der Waals surface area (Å²) in [5.41, 5.74) is 5.66. The van der Waals surface area contributed by atoms with Crippen molar-refractivity contribution in [2.75, 3.05) is 13.1 Å². The quantitative estimate of drug-likeness (QED) is 0.806. The van der Waals surface area contributed by atoms with Crippen LogP contribution >= 0.6 is 12.4 Å². The zero-order valence-electron chi connectivity index (χ0n) is 15.0. The van der Waals surface area contributed by atoms with Crippen LogP contribution in [0.15, 0.2) is 29.2 Å². The smallest absolute Gasteiger partial charge is 0.251 e. The maximum Gasteiger partial charge on any atom is 0.251 e. The van der Waals surface area contributed by atoms with Crippen LogP contribution in [0.25, 0.3) is 0 Å². The molecule has 1 aliphatic rings. The van der Waals surface area contributed by atoms with Gasteiger partial charge in [-0.3, -0.25) is 4.79 Å². The van der Waals surface area contributed by atoms with Gasteiger partial charge in [-0.1, -0.05) is 12.5 Å². The van der Waals surface area contributed by atoms with Crippen molar-refractivity contribution >= 4 is 28.3 Å². The Morgan fingerprint density at radius 3 is 2.64 bits per heavy atom. The van der Waals surface area contributed by atoms with E-state index in [-0.39, 0.29) is 29.3 Å². The van der Waals surface area contributed by atoms with Gasteiger partial charge in [0.05, 0.1) is 4.90 Å². The summed E-state index contributed by atoms with van der Waals surface area (Å²) < 4.78 is 27.3. The fourth-order valence-corrected chi connectivity index (χ4v) is 4.52. The Hall–Kier alpha value is -1.15. The number of hydrogen-bond donors (Lipinski definition) is 2. The predicted molar refractivity (Wildman–Crippen MR) is 101 cm³/mol. The van der Waals surface area contributed by atoms with Gasteiger partial charge < -0.3 is 11.1 Å². The molecule has 1 atom stereocenters. The summed E-state index contributed by atoms with van der Waals surface area (Å²) in [6, 6.07) is 6.18. The molecule has 1 aliphatic heterocycles. The minimum atomic E-state index is -3.58. The second-order valence-corrected chi connectivity index (χ2v) is 9.05. The van der Waals surface area contributed by atoms with E-state index >= 15 is 0 Å². The normalized spacial score (nSPS) is 19.1. The van der Waals surface area contributed by atoms with Gasteiger partial charge in [0.1, 0.15) is 0 Å². The Morgan fingerprint density at radius 2 is 2.04 bits per heavy atom. The number of sulfonamides is 1. The van der Waals surface area contributed by atoms with Gasteiger partial charge in [-0.2, -0.15) is 4.31 Å². The van der Waals surface area contributed by atoms with Crippen LogP contribution in [0.2, 0.25) is 0 Å². The van der Waals surface area contributed by atoms with Gasteiger partial charge >= 0.3 is 0 Å². The van der Waals surface area contributed by atoms with Crippen LogP contribution in [0.3, 0.4) is 0 Å². The molecule has 142 valence electrons. The Labute approximate surface area is 156 Å². The van der Waals surface area contributed by atoms with E-state index in [4.69, 9.17) is 5.73 Å². The van der Waals surface area contributed by atoms with E-state index in [1.165, 1.54) is 10.4 Å². The van der Waals surface area contributed by atoms with Gasteiger partial charge in [-0.05, 0) is 51.8 Å². The zero-order valence-corrected chi connectivity index (χ0v) is 16.6. The highest BCUT2D eigenvalue weighted by atomic mass is 35.5. The summed E-state index contributed by atoms with van der Waals surface area (Å²) in [6.45, 7) is 6.39. The number of amides is 1. The van der Waals surface area contributed by atoms with E-state index < -0.39 is 15.6 Å². The summed E-state index contributed by atoms with van der Waals surface area (Å²) in [5.74, 6) is -0.322. The molecule has 1 saturated heterocycles. The van der Waals surface area contributed by atoms with E-state index in [2.05, 4.69) is 5.32 Å². The highest BCUT2D eigenvalue weighted by Gasteiger charge is 2.31. The van der Waals surface area contributed by atoms with Crippen molar-refractivity contribution in [1.82, 2.24) is 9.62 Å². The lowest BCUT2D eigenvalue weighted by Gasteiger charge is -2.32. The van der Waals surface area contributed by atoms with Gasteiger partial charge in [0.15, 0.2) is 0 Å². The first-order valence-electron chi connectivity index (χ1n) is 8.30. The zero-order chi connectivity index (χ0) is 18.0. The number of nitrogens with two attached hydrogens (primary N) is 1. The molecule has 0 radical (unpaired) electrons. The fraction of sp³-hybridized carbons (Fsp3) is 0.588. The first-order valence-corrected chi connectivity index (χ1v) is 9.74. The number of nitrogens with one attached hydrogen (secondary N) is 1. The molecule has 2 rings (SSSR count). The van der Waals surface area contributed by atoms with Crippen molar-refractivity contribution in [2.45, 2.75) is 56.5 Å². The second kappa shape index (κ2) is 8.49. The molecule has 0 saturated carbocycles. The minimum Gasteiger partial charge on any atom is -0.350 e. The molecule has 3 N–H and O–H groups in total. The number of piperidine rings is 1. The van der Waals surface area contributed by atoms with Crippen molar-refractivity contribution in [1.29, 1.82) is 0 Å². The Bertz CT molecular complexity index is 701. The van der Waals surface area contributed by atoms with Crippen molar-refractivity contribution in [2.24, 2.45) is 5.73 Å². The third-order valence-corrected chi connectivity index (χ3v) is 6.16. The summed E-state index contributed by atoms with van der Waals surface area (Å²) >= 11 is 0. The molecule has 1 unspecified atom stereocenters. The molecule has 6 nitrogen and oxygen atoms in total. The highest BCUT2D eigenvalue weighted by Crippen LogP contribution is 2.25. The predicted octanol–water partition coefficient (Wildman–Crippen LogP) is 2.14. The van der Waals surface area contributed by atoms with E-state index in [9.17, 15) is 13.2 Å². The number of carbonyl (C=O) groups is 1. The molecule has 1 fully saturated rings. The highest BCUT2D eigenvalue weighted by molar-refractivity contribution is 7.89. The third-order valence-electron chi connectivity index (χ3n) is 4.15. The van der Waals surface area contributed by atoms with E-state index in [0.717, 1.165) is 19.3 Å². The molecular weight excluding hydrogens is 362 g/mol. The summed E-state index contributed by atoms with van der Waals surface area (Å²) in [4.78, 5) is 12.4. The first kappa shape index (κ1) is 21.9. The van der Waals surface area contributed by atoms with E-state index in [0.29, 0.717) is 18.7 Å². The van der Waals surface area contributed by atoms with Gasteiger partial charge in [0.2, 0.25) is 10.0 Å². The number of rotatable bonds is 5. The van der Waals surface area contributed by atoms with Crippen LogP contribution in [-0.4, -0.2) is 43.3 Å². The van der Waals surface area contributed by atoms with Crippen LogP contribution < -0.4 is 11.1 Å². The molecular formula is C17H28ClN3O3S. The van der Waals surface area contributed by atoms with Gasteiger partial charge in [0.25, 0.3) is 5.91 Å². The van der Waals surface area contributed by atoms with E-state index in [1.807, 2.05) is 20.8 Å². The number of hydrogen-bond acceptors (Lipinski definition) is 4. The maximum absolute atomic E-state index is 12.9. The largest absolute Gasteiger partial charge is 0.350 e. The second-order valence-electron chi connectivity index (χ2n) is 7.16. The topological polar surface area (TPSA) is 92.5 Å². The molecule has 1 aromatic carbocycles. The van der Waals surface area contributed by atoms with Crippen molar-refractivity contribution in [3.8, 4) is 0 Å². The van der Waals surface area contributed by atoms with Crippen molar-refractivity contribution in [3.63, 3.8) is 0 Å². The van der Waals surface area contributed by atoms with Crippen molar-refractivity contribution in [3.05, 3.63) is 29.8 Å². The Morgan fingerprint density at radius 1 is 1.36 bits per heavy atom. The van der Waals surface area contributed by atoms with Gasteiger partial charge in [0, 0.05) is 30.2 Å². The lowest BCUT2D eigenvalue weighted by Crippen LogP contribution is -2.45. The number of benzene rings is 1. The lowest BCUT2D eigenvalue weighted by atomic mass is 10.1. The van der Waals surface area contributed by atoms with Crippen LogP contribution in [0.1, 0.15) is 50.4 Å². The number of carbonyl (C=O) groups excluding carboxylic acids is 1. The fourth-order valence-electron chi connectivity index (χ4n) is 2.77. The van der Waals surface area contributed by atoms with Gasteiger partial charge in [-0.25, -0.2) is 8.42 Å². The Balaban J connectivity index is 0.00000312. The van der Waals surface area contributed by atoms with Crippen LogP contribution in [0.5, 0.6) is 0 Å². The van der Waals surface area contributed by atoms with Crippen molar-refractivity contribution < 1.29 is 13.2 Å². The SMILES string of the molecule is CC1CCCCN1S(=O)(=O)c1cccc(C(=O)NCC(C)(C)N)c1.Cl. The molecule has 0 spiro atoms. The third kappa shape index (κ3) is 5.67. The standard InChI is InChI=1S/C17H27N3O3S.ClH/c1-13-7-4-5-10-20(13)24(22,23)15-9-6-8-14(11-15)16(21)19-12-17(2,3)18;/h6,8-9,11,13H,4-5,7,10,12,18H2,1-3H3,(H,19,21);1H. The lowest BCUT2D eigenvalue weighted by molar-refractivity contribution is 0.0946. The maximum atomic E-state index is 12.9. The average Bonchev–Trinajstić information content (AvgIpc) is 2.52. The van der Waals surface area contributed by atoms with Gasteiger partial charge in [-0.15, -0.1) is 12.4 Å². The van der Waals surface area contributed by atoms with Crippen LogP contribution in [0, 0.1) is 0 Å². The van der Waals surface area contributed by atoms with Crippen LogP contribution in [-0.2, 0) is 10.0 Å². The molecule has 0 aromatic heterocycles. The number of halogens is 1. The minimum absolute atomic E-state index is 0. The van der Waals surface area contributed by atoms with Crippen LogP contribution in [0.4, 0.5) is 0 Å². The monoisotopic (exact) mass is 389 g/mol. The summed E-state index contributed by atoms with van der Waals surface area (Å²) in [6.07, 6.45) is 2.78. The molecule has 1 heterocycles. The number of nitrogens with zero attached hydrogens (tertiary/aromatic N) is 1. The van der Waals surface area contributed by atoms with E-state index in [1.54, 1.807) is 18.2 Å². The average molecular weight is 390 g/mol. The summed E-state index contributed by atoms with van der Waals surface area (Å²) in [7, 11) is -3.58. The molecule has 8 heteroatoms. The molecule has 1 amide bonds. The molecule has 0 bridgehead atoms. The first-order chi connectivity index (χ1) is 11.1. The molecule has 25 heavy (non-hydrogen) atoms. The molecule has 0 aliphatic carbocycles. The summed E-state index contributed by atoms with van der Waals surface area (Å²) in [5, 5.41) is 2.73.